The molecule has 82 valence electrons. The van der Waals surface area contributed by atoms with Crippen LogP contribution in [-0.2, 0) is 10.0 Å². The molecule has 0 fully saturated rings. The minimum absolute atomic E-state index is 0.146. The highest BCUT2D eigenvalue weighted by atomic mass is 32.2. The third-order valence-electron chi connectivity index (χ3n) is 1.98. The molecule has 1 atom stereocenters. The number of nitrogens with zero attached hydrogens (tertiary/aromatic N) is 1. The molecule has 0 aliphatic rings. The second-order valence-electron chi connectivity index (χ2n) is 3.04. The molecule has 0 aliphatic heterocycles. The molecule has 0 spiro atoms. The molecule has 0 saturated heterocycles. The Morgan fingerprint density at radius 3 is 2.50 bits per heavy atom. The lowest BCUT2D eigenvalue weighted by Gasteiger charge is -2.22. The van der Waals surface area contributed by atoms with Gasteiger partial charge in [-0.25, -0.2) is 8.42 Å². The zero-order valence-electron chi connectivity index (χ0n) is 8.95. The monoisotopic (exact) mass is 218 g/mol. The first-order chi connectivity index (χ1) is 6.50. The van der Waals surface area contributed by atoms with Gasteiger partial charge in [0.25, 0.3) is 0 Å². The van der Waals surface area contributed by atoms with E-state index in [2.05, 4.69) is 11.2 Å². The van der Waals surface area contributed by atoms with Gasteiger partial charge in [-0.2, -0.15) is 4.31 Å². The van der Waals surface area contributed by atoms with Crippen molar-refractivity contribution in [2.24, 2.45) is 0 Å². The van der Waals surface area contributed by atoms with Gasteiger partial charge in [0.1, 0.15) is 0 Å². The van der Waals surface area contributed by atoms with Crippen LogP contribution in [0.15, 0.2) is 0 Å². The molecule has 0 radical (unpaired) electrons. The van der Waals surface area contributed by atoms with Crippen LogP contribution in [-0.4, -0.2) is 44.7 Å². The molecule has 1 N–H and O–H groups in total. The molecule has 0 aliphatic carbocycles. The molecule has 4 nitrogen and oxygen atoms in total. The smallest absolute Gasteiger partial charge is 0.218 e. The lowest BCUT2D eigenvalue weighted by Crippen LogP contribution is -2.41. The van der Waals surface area contributed by atoms with Crippen LogP contribution in [0.4, 0.5) is 0 Å². The van der Waals surface area contributed by atoms with Crippen molar-refractivity contribution in [1.29, 1.82) is 0 Å². The van der Waals surface area contributed by atoms with Crippen molar-refractivity contribution in [3.8, 4) is 12.3 Å². The van der Waals surface area contributed by atoms with Crippen LogP contribution < -0.4 is 5.32 Å². The van der Waals surface area contributed by atoms with Crippen LogP contribution in [0.25, 0.3) is 0 Å². The van der Waals surface area contributed by atoms with Crippen LogP contribution in [0.2, 0.25) is 0 Å². The number of rotatable bonds is 6. The molecule has 0 bridgehead atoms. The molecule has 0 rings (SSSR count). The van der Waals surface area contributed by atoms with Crippen molar-refractivity contribution in [3.05, 3.63) is 0 Å². The van der Waals surface area contributed by atoms with E-state index in [4.69, 9.17) is 6.42 Å². The predicted molar refractivity (Wildman–Crippen MR) is 58.4 cm³/mol. The molecule has 0 aromatic heterocycles. The van der Waals surface area contributed by atoms with Crippen molar-refractivity contribution >= 4 is 10.0 Å². The van der Waals surface area contributed by atoms with E-state index in [1.165, 1.54) is 4.31 Å². The standard InChI is InChI=1S/C9H18N2O2S/c1-5-7-11(6-2)14(12,13)9(3)8-10-4/h1,9-10H,6-8H2,2-4H3. The van der Waals surface area contributed by atoms with Gasteiger partial charge in [0.15, 0.2) is 0 Å². The molecule has 0 saturated carbocycles. The number of sulfonamides is 1. The number of hydrogen-bond acceptors (Lipinski definition) is 3. The summed E-state index contributed by atoms with van der Waals surface area (Å²) in [5, 5.41) is 2.39. The Bertz CT molecular complexity index is 292. The molecule has 0 aromatic carbocycles. The van der Waals surface area contributed by atoms with E-state index in [1.807, 2.05) is 0 Å². The van der Waals surface area contributed by atoms with E-state index in [0.29, 0.717) is 13.1 Å². The summed E-state index contributed by atoms with van der Waals surface area (Å²) < 4.78 is 25.0. The fraction of sp³-hybridized carbons (Fsp3) is 0.778. The van der Waals surface area contributed by atoms with Crippen molar-refractivity contribution in [2.45, 2.75) is 19.1 Å². The van der Waals surface area contributed by atoms with E-state index in [-0.39, 0.29) is 6.54 Å². The maximum atomic E-state index is 11.8. The summed E-state index contributed by atoms with van der Waals surface area (Å²) in [6.07, 6.45) is 5.10. The van der Waals surface area contributed by atoms with Gasteiger partial charge in [0.2, 0.25) is 10.0 Å². The highest BCUT2D eigenvalue weighted by molar-refractivity contribution is 7.89. The normalized spacial score (nSPS) is 13.9. The third kappa shape index (κ3) is 3.29. The van der Waals surface area contributed by atoms with Gasteiger partial charge in [-0.1, -0.05) is 12.8 Å². The third-order valence-corrected chi connectivity index (χ3v) is 4.27. The Kier molecular flexibility index (Phi) is 5.77. The van der Waals surface area contributed by atoms with Crippen LogP contribution in [0.3, 0.4) is 0 Å². The first-order valence-electron chi connectivity index (χ1n) is 4.57. The Labute approximate surface area is 86.7 Å². The Hall–Kier alpha value is -0.570. The maximum Gasteiger partial charge on any atom is 0.218 e. The number of nitrogens with one attached hydrogen (secondary N) is 1. The lowest BCUT2D eigenvalue weighted by molar-refractivity contribution is 0.453. The Morgan fingerprint density at radius 2 is 2.14 bits per heavy atom. The van der Waals surface area contributed by atoms with Crippen molar-refractivity contribution in [2.75, 3.05) is 26.7 Å². The maximum absolute atomic E-state index is 11.8. The Morgan fingerprint density at radius 1 is 1.57 bits per heavy atom. The van der Waals surface area contributed by atoms with E-state index in [1.54, 1.807) is 20.9 Å². The van der Waals surface area contributed by atoms with Crippen molar-refractivity contribution in [1.82, 2.24) is 9.62 Å². The SMILES string of the molecule is C#CCN(CC)S(=O)(=O)C(C)CNC. The van der Waals surface area contributed by atoms with Gasteiger partial charge in [0.05, 0.1) is 11.8 Å². The summed E-state index contributed by atoms with van der Waals surface area (Å²) in [5.74, 6) is 2.35. The summed E-state index contributed by atoms with van der Waals surface area (Å²) in [4.78, 5) is 0. The molecule has 0 amide bonds. The minimum Gasteiger partial charge on any atom is -0.318 e. The summed E-state index contributed by atoms with van der Waals surface area (Å²) in [5.41, 5.74) is 0. The van der Waals surface area contributed by atoms with Crippen LogP contribution in [0, 0.1) is 12.3 Å². The first kappa shape index (κ1) is 13.4. The topological polar surface area (TPSA) is 49.4 Å². The lowest BCUT2D eigenvalue weighted by atomic mass is 10.5. The summed E-state index contributed by atoms with van der Waals surface area (Å²) in [6, 6.07) is 0. The van der Waals surface area contributed by atoms with Crippen LogP contribution in [0.5, 0.6) is 0 Å². The second kappa shape index (κ2) is 6.02. The average molecular weight is 218 g/mol. The van der Waals surface area contributed by atoms with E-state index >= 15 is 0 Å². The highest BCUT2D eigenvalue weighted by Gasteiger charge is 2.26. The Balaban J connectivity index is 4.66. The zero-order valence-corrected chi connectivity index (χ0v) is 9.76. The molecule has 0 heterocycles. The van der Waals surface area contributed by atoms with Crippen LogP contribution >= 0.6 is 0 Å². The largest absolute Gasteiger partial charge is 0.318 e. The van der Waals surface area contributed by atoms with Gasteiger partial charge in [0, 0.05) is 13.1 Å². The molecular weight excluding hydrogens is 200 g/mol. The number of hydrogen-bond donors (Lipinski definition) is 1. The molecule has 1 unspecified atom stereocenters. The molecule has 14 heavy (non-hydrogen) atoms. The van der Waals surface area contributed by atoms with E-state index in [9.17, 15) is 8.42 Å². The van der Waals surface area contributed by atoms with Gasteiger partial charge in [-0.05, 0) is 14.0 Å². The number of terminal acetylenes is 1. The van der Waals surface area contributed by atoms with Gasteiger partial charge in [-0.3, -0.25) is 0 Å². The minimum atomic E-state index is -3.25. The first-order valence-corrected chi connectivity index (χ1v) is 6.08. The predicted octanol–water partition coefficient (Wildman–Crippen LogP) is -0.121. The average Bonchev–Trinajstić information content (AvgIpc) is 2.14. The quantitative estimate of drug-likeness (QED) is 0.632. The van der Waals surface area contributed by atoms with E-state index < -0.39 is 15.3 Å². The molecule has 5 heteroatoms. The van der Waals surface area contributed by atoms with Crippen LogP contribution in [0.1, 0.15) is 13.8 Å². The second-order valence-corrected chi connectivity index (χ2v) is 5.39. The summed E-state index contributed by atoms with van der Waals surface area (Å²) in [6.45, 7) is 4.45. The van der Waals surface area contributed by atoms with Gasteiger partial charge < -0.3 is 5.32 Å². The van der Waals surface area contributed by atoms with E-state index in [0.717, 1.165) is 0 Å². The molecule has 0 aromatic rings. The fourth-order valence-corrected chi connectivity index (χ4v) is 2.63. The zero-order chi connectivity index (χ0) is 11.2. The molecular formula is C9H18N2O2S. The van der Waals surface area contributed by atoms with Gasteiger partial charge >= 0.3 is 0 Å². The summed E-state index contributed by atoms with van der Waals surface area (Å²) >= 11 is 0. The highest BCUT2D eigenvalue weighted by Crippen LogP contribution is 2.07. The summed E-state index contributed by atoms with van der Waals surface area (Å²) in [7, 11) is -1.52. The fourth-order valence-electron chi connectivity index (χ4n) is 1.13. The van der Waals surface area contributed by atoms with Crippen molar-refractivity contribution < 1.29 is 8.42 Å². The van der Waals surface area contributed by atoms with Crippen molar-refractivity contribution in [3.63, 3.8) is 0 Å². The van der Waals surface area contributed by atoms with Gasteiger partial charge in [-0.15, -0.1) is 6.42 Å².